The highest BCUT2D eigenvalue weighted by Gasteiger charge is 2.24. The first-order chi connectivity index (χ1) is 14.3. The van der Waals surface area contributed by atoms with Crippen LogP contribution in [0.5, 0.6) is 5.75 Å². The van der Waals surface area contributed by atoms with Crippen LogP contribution in [0, 0.1) is 0 Å². The first kappa shape index (κ1) is 21.9. The summed E-state index contributed by atoms with van der Waals surface area (Å²) in [4.78, 5) is 27.6. The average Bonchev–Trinajstić information content (AvgIpc) is 3.26. The van der Waals surface area contributed by atoms with E-state index >= 15 is 0 Å². The molecule has 1 aliphatic rings. The topological polar surface area (TPSA) is 58.6 Å². The maximum absolute atomic E-state index is 12.9. The number of ether oxygens (including phenoxy) is 1. The SMILES string of the molecule is CCC(Oc1ccc(C(C)(C)C)cc1)C(=O)Nc1ccccc1C(=O)N1CCCC1. The van der Waals surface area contributed by atoms with Crippen LogP contribution in [0.3, 0.4) is 0 Å². The van der Waals surface area contributed by atoms with Crippen LogP contribution in [0.2, 0.25) is 0 Å². The Morgan fingerprint density at radius 3 is 2.27 bits per heavy atom. The van der Waals surface area contributed by atoms with Crippen LogP contribution in [-0.4, -0.2) is 35.9 Å². The minimum Gasteiger partial charge on any atom is -0.481 e. The third-order valence-electron chi connectivity index (χ3n) is 5.47. The average molecular weight is 409 g/mol. The third kappa shape index (κ3) is 5.21. The molecule has 1 saturated heterocycles. The van der Waals surface area contributed by atoms with Crippen LogP contribution in [0.1, 0.15) is 62.9 Å². The van der Waals surface area contributed by atoms with Crippen LogP contribution in [0.4, 0.5) is 5.69 Å². The minimum atomic E-state index is -0.638. The van der Waals surface area contributed by atoms with Gasteiger partial charge < -0.3 is 15.0 Å². The van der Waals surface area contributed by atoms with Crippen LogP contribution in [-0.2, 0) is 10.2 Å². The lowest BCUT2D eigenvalue weighted by atomic mass is 9.87. The number of hydrogen-bond acceptors (Lipinski definition) is 3. The summed E-state index contributed by atoms with van der Waals surface area (Å²) in [7, 11) is 0. The Balaban J connectivity index is 1.70. The van der Waals surface area contributed by atoms with Crippen molar-refractivity contribution in [3.8, 4) is 5.75 Å². The fourth-order valence-electron chi connectivity index (χ4n) is 3.60. The van der Waals surface area contributed by atoms with Crippen molar-refractivity contribution in [2.45, 2.75) is 58.5 Å². The Kier molecular flexibility index (Phi) is 6.80. The number of rotatable bonds is 6. The van der Waals surface area contributed by atoms with E-state index in [-0.39, 0.29) is 17.2 Å². The zero-order valence-corrected chi connectivity index (χ0v) is 18.4. The molecule has 1 fully saturated rings. The lowest BCUT2D eigenvalue weighted by molar-refractivity contribution is -0.122. The van der Waals surface area contributed by atoms with E-state index in [0.717, 1.165) is 25.9 Å². The van der Waals surface area contributed by atoms with E-state index in [2.05, 4.69) is 26.1 Å². The van der Waals surface area contributed by atoms with Crippen molar-refractivity contribution in [3.05, 3.63) is 59.7 Å². The van der Waals surface area contributed by atoms with Crippen molar-refractivity contribution < 1.29 is 14.3 Å². The Morgan fingerprint density at radius 1 is 1.03 bits per heavy atom. The van der Waals surface area contributed by atoms with E-state index < -0.39 is 6.10 Å². The Bertz CT molecular complexity index is 878. The molecular formula is C25H32N2O3. The van der Waals surface area contributed by atoms with E-state index in [1.807, 2.05) is 48.2 Å². The van der Waals surface area contributed by atoms with E-state index in [0.29, 0.717) is 23.4 Å². The maximum atomic E-state index is 12.9. The summed E-state index contributed by atoms with van der Waals surface area (Å²) in [5.41, 5.74) is 2.33. The summed E-state index contributed by atoms with van der Waals surface area (Å²) < 4.78 is 5.96. The molecule has 2 aromatic rings. The molecular weight excluding hydrogens is 376 g/mol. The molecule has 1 aliphatic heterocycles. The van der Waals surface area contributed by atoms with Gasteiger partial charge in [-0.3, -0.25) is 9.59 Å². The molecule has 0 radical (unpaired) electrons. The van der Waals surface area contributed by atoms with Gasteiger partial charge in [0.1, 0.15) is 5.75 Å². The summed E-state index contributed by atoms with van der Waals surface area (Å²) >= 11 is 0. The van der Waals surface area contributed by atoms with Gasteiger partial charge in [-0.2, -0.15) is 0 Å². The first-order valence-corrected chi connectivity index (χ1v) is 10.8. The predicted molar refractivity (Wildman–Crippen MR) is 120 cm³/mol. The highest BCUT2D eigenvalue weighted by atomic mass is 16.5. The minimum absolute atomic E-state index is 0.0323. The molecule has 0 aromatic heterocycles. The summed E-state index contributed by atoms with van der Waals surface area (Å²) in [6.45, 7) is 9.93. The zero-order valence-electron chi connectivity index (χ0n) is 18.4. The van der Waals surface area contributed by atoms with Crippen molar-refractivity contribution in [1.29, 1.82) is 0 Å². The van der Waals surface area contributed by atoms with Crippen molar-refractivity contribution in [2.75, 3.05) is 18.4 Å². The normalized spacial score (nSPS) is 15.0. The van der Waals surface area contributed by atoms with Crippen molar-refractivity contribution in [1.82, 2.24) is 4.90 Å². The Hall–Kier alpha value is -2.82. The number of nitrogens with zero attached hydrogens (tertiary/aromatic N) is 1. The smallest absolute Gasteiger partial charge is 0.265 e. The second-order valence-electron chi connectivity index (χ2n) is 8.82. The van der Waals surface area contributed by atoms with Crippen molar-refractivity contribution in [2.24, 2.45) is 0 Å². The number of amides is 2. The second-order valence-corrected chi connectivity index (χ2v) is 8.82. The first-order valence-electron chi connectivity index (χ1n) is 10.8. The number of carbonyl (C=O) groups excluding carboxylic acids is 2. The van der Waals surface area contributed by atoms with Gasteiger partial charge in [0.05, 0.1) is 11.3 Å². The molecule has 1 unspecified atom stereocenters. The number of nitrogens with one attached hydrogen (secondary N) is 1. The quantitative estimate of drug-likeness (QED) is 0.730. The van der Waals surface area contributed by atoms with Gasteiger partial charge in [0, 0.05) is 13.1 Å². The molecule has 1 heterocycles. The summed E-state index contributed by atoms with van der Waals surface area (Å²) in [6.07, 6.45) is 1.94. The molecule has 0 bridgehead atoms. The molecule has 0 saturated carbocycles. The standard InChI is InChI=1S/C25H32N2O3/c1-5-22(30-19-14-12-18(13-15-19)25(2,3)4)23(28)26-21-11-7-6-10-20(21)24(29)27-16-8-9-17-27/h6-7,10-15,22H,5,8-9,16-17H2,1-4H3,(H,26,28). The van der Waals surface area contributed by atoms with Crippen LogP contribution in [0.15, 0.2) is 48.5 Å². The maximum Gasteiger partial charge on any atom is 0.265 e. The second kappa shape index (κ2) is 9.33. The van der Waals surface area contributed by atoms with Gasteiger partial charge in [-0.15, -0.1) is 0 Å². The van der Waals surface area contributed by atoms with E-state index in [4.69, 9.17) is 4.74 Å². The molecule has 2 aromatic carbocycles. The number of para-hydroxylation sites is 1. The Morgan fingerprint density at radius 2 is 1.67 bits per heavy atom. The zero-order chi connectivity index (χ0) is 21.7. The molecule has 3 rings (SSSR count). The predicted octanol–water partition coefficient (Wildman–Crippen LogP) is 5.02. The molecule has 5 heteroatoms. The van der Waals surface area contributed by atoms with Crippen molar-refractivity contribution in [3.63, 3.8) is 0 Å². The van der Waals surface area contributed by atoms with Crippen LogP contribution < -0.4 is 10.1 Å². The van der Waals surface area contributed by atoms with Gasteiger partial charge in [0.25, 0.3) is 11.8 Å². The van der Waals surface area contributed by atoms with Gasteiger partial charge in [-0.05, 0) is 54.5 Å². The fourth-order valence-corrected chi connectivity index (χ4v) is 3.60. The third-order valence-corrected chi connectivity index (χ3v) is 5.47. The van der Waals surface area contributed by atoms with E-state index in [1.165, 1.54) is 5.56 Å². The van der Waals surface area contributed by atoms with E-state index in [9.17, 15) is 9.59 Å². The van der Waals surface area contributed by atoms with E-state index in [1.54, 1.807) is 12.1 Å². The monoisotopic (exact) mass is 408 g/mol. The summed E-state index contributed by atoms with van der Waals surface area (Å²) in [6, 6.07) is 15.1. The van der Waals surface area contributed by atoms with Gasteiger partial charge in [0.15, 0.2) is 6.10 Å². The fraction of sp³-hybridized carbons (Fsp3) is 0.440. The number of hydrogen-bond donors (Lipinski definition) is 1. The largest absolute Gasteiger partial charge is 0.481 e. The molecule has 30 heavy (non-hydrogen) atoms. The lowest BCUT2D eigenvalue weighted by Gasteiger charge is -2.22. The molecule has 2 amide bonds. The van der Waals surface area contributed by atoms with Gasteiger partial charge >= 0.3 is 0 Å². The summed E-state index contributed by atoms with van der Waals surface area (Å²) in [5.74, 6) is 0.376. The van der Waals surface area contributed by atoms with Gasteiger partial charge in [-0.1, -0.05) is 52.0 Å². The number of benzene rings is 2. The molecule has 1 N–H and O–H groups in total. The summed E-state index contributed by atoms with van der Waals surface area (Å²) in [5, 5.41) is 2.91. The highest BCUT2D eigenvalue weighted by Crippen LogP contribution is 2.25. The number of anilines is 1. The molecule has 0 spiro atoms. The number of carbonyl (C=O) groups is 2. The lowest BCUT2D eigenvalue weighted by Crippen LogP contribution is -2.34. The molecule has 160 valence electrons. The Labute approximate surface area is 179 Å². The molecule has 1 atom stereocenters. The molecule has 5 nitrogen and oxygen atoms in total. The van der Waals surface area contributed by atoms with Crippen molar-refractivity contribution >= 4 is 17.5 Å². The highest BCUT2D eigenvalue weighted by molar-refractivity contribution is 6.04. The van der Waals surface area contributed by atoms with Gasteiger partial charge in [0.2, 0.25) is 0 Å². The molecule has 0 aliphatic carbocycles. The van der Waals surface area contributed by atoms with Crippen LogP contribution >= 0.6 is 0 Å². The number of likely N-dealkylation sites (tertiary alicyclic amines) is 1. The van der Waals surface area contributed by atoms with Crippen LogP contribution in [0.25, 0.3) is 0 Å². The van der Waals surface area contributed by atoms with Gasteiger partial charge in [-0.25, -0.2) is 0 Å².